The van der Waals surface area contributed by atoms with Gasteiger partial charge >= 0.3 is 5.97 Å². The van der Waals surface area contributed by atoms with Crippen molar-refractivity contribution >= 4 is 5.97 Å². The predicted octanol–water partition coefficient (Wildman–Crippen LogP) is 1.84. The van der Waals surface area contributed by atoms with E-state index < -0.39 is 18.1 Å². The van der Waals surface area contributed by atoms with Crippen molar-refractivity contribution in [3.8, 4) is 5.75 Å². The largest absolute Gasteiger partial charge is 0.508 e. The molecule has 2 unspecified atom stereocenters. The third-order valence-corrected chi connectivity index (χ3v) is 2.84. The van der Waals surface area contributed by atoms with Gasteiger partial charge in [-0.05, 0) is 36.1 Å². The van der Waals surface area contributed by atoms with Gasteiger partial charge in [-0.2, -0.15) is 0 Å². The number of phenols is 1. The minimum Gasteiger partial charge on any atom is -0.508 e. The molecule has 0 saturated carbocycles. The maximum absolute atomic E-state index is 13.4. The smallest absolute Gasteiger partial charge is 0.338 e. The molecule has 0 heterocycles. The first-order valence-corrected chi connectivity index (χ1v) is 4.78. The highest BCUT2D eigenvalue weighted by molar-refractivity contribution is 5.74. The number of alkyl halides is 1. The van der Waals surface area contributed by atoms with E-state index in [0.29, 0.717) is 18.4 Å². The summed E-state index contributed by atoms with van der Waals surface area (Å²) >= 11 is 0. The molecule has 4 heteroatoms. The maximum atomic E-state index is 13.4. The molecule has 1 aromatic carbocycles. The lowest BCUT2D eigenvalue weighted by Crippen LogP contribution is -2.21. The normalized spacial score (nSPS) is 21.0. The molecule has 15 heavy (non-hydrogen) atoms. The number of benzene rings is 1. The van der Waals surface area contributed by atoms with Gasteiger partial charge < -0.3 is 10.2 Å². The van der Waals surface area contributed by atoms with E-state index in [1.807, 2.05) is 0 Å². The first-order valence-electron chi connectivity index (χ1n) is 4.78. The van der Waals surface area contributed by atoms with Crippen molar-refractivity contribution in [1.82, 2.24) is 0 Å². The summed E-state index contributed by atoms with van der Waals surface area (Å²) < 4.78 is 13.4. The van der Waals surface area contributed by atoms with Crippen molar-refractivity contribution in [1.29, 1.82) is 0 Å². The predicted molar refractivity (Wildman–Crippen MR) is 51.7 cm³/mol. The number of halogens is 1. The molecule has 2 N–H and O–H groups in total. The zero-order valence-corrected chi connectivity index (χ0v) is 7.98. The SMILES string of the molecule is O=C(O)C(F)C1CCc2ccc(O)cc21. The number of carbonyl (C=O) groups is 1. The lowest BCUT2D eigenvalue weighted by atomic mass is 9.96. The van der Waals surface area contributed by atoms with Crippen molar-refractivity contribution in [2.24, 2.45) is 0 Å². The van der Waals surface area contributed by atoms with E-state index in [1.54, 1.807) is 6.07 Å². The van der Waals surface area contributed by atoms with Crippen molar-refractivity contribution in [2.75, 3.05) is 0 Å². The Morgan fingerprint density at radius 1 is 1.53 bits per heavy atom. The lowest BCUT2D eigenvalue weighted by molar-refractivity contribution is -0.143. The molecule has 1 aromatic rings. The summed E-state index contributed by atoms with van der Waals surface area (Å²) in [5, 5.41) is 17.9. The van der Waals surface area contributed by atoms with Crippen LogP contribution in [-0.4, -0.2) is 22.4 Å². The van der Waals surface area contributed by atoms with Crippen LogP contribution in [-0.2, 0) is 11.2 Å². The molecular weight excluding hydrogens is 199 g/mol. The molecule has 0 fully saturated rings. The number of aliphatic carboxylic acids is 1. The van der Waals surface area contributed by atoms with Crippen LogP contribution < -0.4 is 0 Å². The Morgan fingerprint density at radius 3 is 2.93 bits per heavy atom. The summed E-state index contributed by atoms with van der Waals surface area (Å²) in [5.74, 6) is -2.00. The van der Waals surface area contributed by atoms with Gasteiger partial charge in [0.25, 0.3) is 0 Å². The van der Waals surface area contributed by atoms with Gasteiger partial charge in [0, 0.05) is 5.92 Å². The van der Waals surface area contributed by atoms with Crippen molar-refractivity contribution in [3.63, 3.8) is 0 Å². The molecule has 2 atom stereocenters. The van der Waals surface area contributed by atoms with Gasteiger partial charge in [0.1, 0.15) is 5.75 Å². The average molecular weight is 210 g/mol. The summed E-state index contributed by atoms with van der Waals surface area (Å²) in [6.45, 7) is 0. The van der Waals surface area contributed by atoms with Gasteiger partial charge in [0.2, 0.25) is 6.17 Å². The third-order valence-electron chi connectivity index (χ3n) is 2.84. The van der Waals surface area contributed by atoms with Crippen LogP contribution in [0.25, 0.3) is 0 Å². The number of carboxylic acid groups (broad SMARTS) is 1. The number of hydrogen-bond acceptors (Lipinski definition) is 2. The Balaban J connectivity index is 2.35. The van der Waals surface area contributed by atoms with E-state index in [9.17, 15) is 14.3 Å². The number of carboxylic acids is 1. The zero-order valence-electron chi connectivity index (χ0n) is 7.98. The highest BCUT2D eigenvalue weighted by atomic mass is 19.1. The minimum atomic E-state index is -1.88. The summed E-state index contributed by atoms with van der Waals surface area (Å²) in [7, 11) is 0. The van der Waals surface area contributed by atoms with Crippen LogP contribution in [0.1, 0.15) is 23.5 Å². The van der Waals surface area contributed by atoms with E-state index in [4.69, 9.17) is 5.11 Å². The molecule has 0 aliphatic heterocycles. The van der Waals surface area contributed by atoms with Gasteiger partial charge in [-0.25, -0.2) is 9.18 Å². The number of aromatic hydroxyl groups is 1. The Kier molecular flexibility index (Phi) is 2.34. The molecule has 3 nitrogen and oxygen atoms in total. The highest BCUT2D eigenvalue weighted by Crippen LogP contribution is 2.38. The van der Waals surface area contributed by atoms with E-state index in [-0.39, 0.29) is 5.75 Å². The molecule has 1 aliphatic rings. The van der Waals surface area contributed by atoms with Gasteiger partial charge in [0.15, 0.2) is 0 Å². The average Bonchev–Trinajstić information content (AvgIpc) is 2.59. The van der Waals surface area contributed by atoms with E-state index in [1.165, 1.54) is 12.1 Å². The lowest BCUT2D eigenvalue weighted by Gasteiger charge is -2.13. The molecule has 1 aliphatic carbocycles. The summed E-state index contributed by atoms with van der Waals surface area (Å²) in [6, 6.07) is 4.72. The minimum absolute atomic E-state index is 0.0539. The number of phenolic OH excluding ortho intramolecular Hbond substituents is 1. The second-order valence-electron chi connectivity index (χ2n) is 3.77. The molecule has 2 rings (SSSR count). The zero-order chi connectivity index (χ0) is 11.0. The monoisotopic (exact) mass is 210 g/mol. The van der Waals surface area contributed by atoms with Crippen LogP contribution in [0.4, 0.5) is 4.39 Å². The van der Waals surface area contributed by atoms with Crippen molar-refractivity contribution in [3.05, 3.63) is 29.3 Å². The third kappa shape index (κ3) is 1.67. The summed E-state index contributed by atoms with van der Waals surface area (Å²) in [4.78, 5) is 10.5. The molecule has 0 spiro atoms. The van der Waals surface area contributed by atoms with Gasteiger partial charge in [-0.3, -0.25) is 0 Å². The van der Waals surface area contributed by atoms with Gasteiger partial charge in [0.05, 0.1) is 0 Å². The summed E-state index contributed by atoms with van der Waals surface area (Å²) in [6.07, 6.45) is -0.715. The van der Waals surface area contributed by atoms with Crippen LogP contribution in [0, 0.1) is 0 Å². The quantitative estimate of drug-likeness (QED) is 0.783. The van der Waals surface area contributed by atoms with Crippen LogP contribution in [0.5, 0.6) is 5.75 Å². The van der Waals surface area contributed by atoms with Crippen LogP contribution in [0.15, 0.2) is 18.2 Å². The van der Waals surface area contributed by atoms with Crippen molar-refractivity contribution < 1.29 is 19.4 Å². The van der Waals surface area contributed by atoms with E-state index in [0.717, 1.165) is 5.56 Å². The number of fused-ring (bicyclic) bond motifs is 1. The van der Waals surface area contributed by atoms with Gasteiger partial charge in [-0.15, -0.1) is 0 Å². The fourth-order valence-corrected chi connectivity index (χ4v) is 2.10. The molecule has 0 bridgehead atoms. The second kappa shape index (κ2) is 3.53. The molecule has 0 amide bonds. The van der Waals surface area contributed by atoms with Crippen molar-refractivity contribution in [2.45, 2.75) is 24.9 Å². The van der Waals surface area contributed by atoms with Crippen LogP contribution in [0.3, 0.4) is 0 Å². The van der Waals surface area contributed by atoms with Gasteiger partial charge in [-0.1, -0.05) is 6.07 Å². The second-order valence-corrected chi connectivity index (χ2v) is 3.77. The number of aryl methyl sites for hydroxylation is 1. The maximum Gasteiger partial charge on any atom is 0.338 e. The summed E-state index contributed by atoms with van der Waals surface area (Å²) in [5.41, 5.74) is 1.56. The Labute approximate surface area is 86.2 Å². The topological polar surface area (TPSA) is 57.5 Å². The molecular formula is C11H11FO3. The Morgan fingerprint density at radius 2 is 2.27 bits per heavy atom. The van der Waals surface area contributed by atoms with E-state index in [2.05, 4.69) is 0 Å². The molecule has 80 valence electrons. The van der Waals surface area contributed by atoms with E-state index >= 15 is 0 Å². The first-order chi connectivity index (χ1) is 7.09. The van der Waals surface area contributed by atoms with Crippen LogP contribution in [0.2, 0.25) is 0 Å². The highest BCUT2D eigenvalue weighted by Gasteiger charge is 2.34. The fraction of sp³-hybridized carbons (Fsp3) is 0.364. The fourth-order valence-electron chi connectivity index (χ4n) is 2.10. The Hall–Kier alpha value is -1.58. The molecule has 0 aromatic heterocycles. The number of rotatable bonds is 2. The number of hydrogen-bond donors (Lipinski definition) is 2. The molecule has 0 saturated heterocycles. The first kappa shape index (κ1) is 9.96. The van der Waals surface area contributed by atoms with Crippen LogP contribution >= 0.6 is 0 Å². The Bertz CT molecular complexity index is 403. The standard InChI is InChI=1S/C11H11FO3/c12-10(11(14)15)8-4-2-6-1-3-7(13)5-9(6)8/h1,3,5,8,10,13H,2,4H2,(H,14,15). The molecule has 0 radical (unpaired) electrons.